The number of hydrogen-bond acceptors (Lipinski definition) is 1. The van der Waals surface area contributed by atoms with Crippen molar-refractivity contribution in [2.24, 2.45) is 0 Å². The van der Waals surface area contributed by atoms with Gasteiger partial charge in [0.1, 0.15) is 0 Å². The Hall–Kier alpha value is -2.59. The Morgan fingerprint density at radius 2 is 1.11 bits per heavy atom. The lowest BCUT2D eigenvalue weighted by molar-refractivity contribution is 1.46. The molecule has 0 aliphatic carbocycles. The minimum Gasteiger partial charge on any atom is -0.356 e. The van der Waals surface area contributed by atoms with E-state index in [1.54, 1.807) is 0 Å². The molecule has 0 unspecified atom stereocenters. The van der Waals surface area contributed by atoms with Crippen molar-refractivity contribution >= 4 is 66.3 Å². The summed E-state index contributed by atoms with van der Waals surface area (Å²) < 4.78 is 1.26. The zero-order valence-corrected chi connectivity index (χ0v) is 17.1. The molecule has 5 aromatic carbocycles. The van der Waals surface area contributed by atoms with Crippen LogP contribution in [-0.4, -0.2) is 0 Å². The molecule has 0 spiro atoms. The van der Waals surface area contributed by atoms with Crippen LogP contribution in [0.5, 0.6) is 0 Å². The fourth-order valence-electron chi connectivity index (χ4n) is 3.81. The maximum Gasteiger partial charge on any atom is 0.0390 e. The summed E-state index contributed by atoms with van der Waals surface area (Å²) in [5.74, 6) is 0. The van der Waals surface area contributed by atoms with E-state index in [1.165, 1.54) is 41.5 Å². The first-order valence-electron chi connectivity index (χ1n) is 9.06. The fraction of sp³-hybridized carbons (Fsp3) is 0.0400. The number of anilines is 2. The fourth-order valence-corrected chi connectivity index (χ4v) is 4.30. The molecule has 0 radical (unpaired) electrons. The number of benzene rings is 5. The summed E-state index contributed by atoms with van der Waals surface area (Å²) in [5.41, 5.74) is 3.49. The van der Waals surface area contributed by atoms with Gasteiger partial charge in [0.2, 0.25) is 0 Å². The highest BCUT2D eigenvalue weighted by atomic mass is 127. The van der Waals surface area contributed by atoms with E-state index in [4.69, 9.17) is 0 Å². The number of aryl methyl sites for hydroxylation is 1. The first-order chi connectivity index (χ1) is 13.2. The Bertz CT molecular complexity index is 1300. The van der Waals surface area contributed by atoms with E-state index >= 15 is 0 Å². The van der Waals surface area contributed by atoms with Crippen molar-refractivity contribution in [2.45, 2.75) is 6.92 Å². The van der Waals surface area contributed by atoms with E-state index in [0.29, 0.717) is 0 Å². The van der Waals surface area contributed by atoms with Crippen LogP contribution >= 0.6 is 22.6 Å². The summed E-state index contributed by atoms with van der Waals surface area (Å²) in [4.78, 5) is 0. The largest absolute Gasteiger partial charge is 0.356 e. The summed E-state index contributed by atoms with van der Waals surface area (Å²) in [6, 6.07) is 30.6. The van der Waals surface area contributed by atoms with E-state index in [9.17, 15) is 0 Å². The highest BCUT2D eigenvalue weighted by Crippen LogP contribution is 2.37. The molecule has 0 bridgehead atoms. The molecule has 27 heavy (non-hydrogen) atoms. The molecule has 0 heterocycles. The van der Waals surface area contributed by atoms with Crippen LogP contribution in [0.3, 0.4) is 0 Å². The quantitative estimate of drug-likeness (QED) is 0.210. The maximum atomic E-state index is 3.55. The predicted molar refractivity (Wildman–Crippen MR) is 126 cm³/mol. The van der Waals surface area contributed by atoms with Gasteiger partial charge in [-0.25, -0.2) is 0 Å². The van der Waals surface area contributed by atoms with Crippen LogP contribution in [0.2, 0.25) is 0 Å². The number of fused-ring (bicyclic) bond motifs is 6. The molecule has 1 nitrogen and oxygen atoms in total. The monoisotopic (exact) mass is 459 g/mol. The van der Waals surface area contributed by atoms with Crippen LogP contribution in [0.15, 0.2) is 84.9 Å². The Balaban J connectivity index is 1.77. The first kappa shape index (κ1) is 16.6. The van der Waals surface area contributed by atoms with Crippen molar-refractivity contribution in [3.63, 3.8) is 0 Å². The number of halogens is 1. The molecule has 0 aromatic heterocycles. The number of rotatable bonds is 2. The average molecular weight is 459 g/mol. The van der Waals surface area contributed by atoms with Gasteiger partial charge in [-0.15, -0.1) is 0 Å². The lowest BCUT2D eigenvalue weighted by Gasteiger charge is -2.13. The van der Waals surface area contributed by atoms with Crippen molar-refractivity contribution in [2.75, 3.05) is 5.32 Å². The minimum atomic E-state index is 1.11. The van der Waals surface area contributed by atoms with Gasteiger partial charge < -0.3 is 5.32 Å². The second-order valence-electron chi connectivity index (χ2n) is 6.99. The van der Waals surface area contributed by atoms with Crippen LogP contribution in [0, 0.1) is 10.5 Å². The highest BCUT2D eigenvalue weighted by Gasteiger charge is 2.09. The van der Waals surface area contributed by atoms with Gasteiger partial charge in [-0.05, 0) is 98.2 Å². The maximum absolute atomic E-state index is 3.55. The molecule has 0 aliphatic rings. The minimum absolute atomic E-state index is 1.11. The van der Waals surface area contributed by atoms with Crippen molar-refractivity contribution in [1.82, 2.24) is 0 Å². The second-order valence-corrected chi connectivity index (χ2v) is 8.23. The molecular weight excluding hydrogens is 441 g/mol. The van der Waals surface area contributed by atoms with Crippen LogP contribution in [0.1, 0.15) is 5.56 Å². The van der Waals surface area contributed by atoms with Crippen LogP contribution in [0.4, 0.5) is 11.4 Å². The van der Waals surface area contributed by atoms with Gasteiger partial charge in [0.25, 0.3) is 0 Å². The third-order valence-corrected chi connectivity index (χ3v) is 5.81. The molecule has 130 valence electrons. The zero-order chi connectivity index (χ0) is 18.4. The lowest BCUT2D eigenvalue weighted by Crippen LogP contribution is -1.91. The normalized spacial score (nSPS) is 11.3. The summed E-state index contributed by atoms with van der Waals surface area (Å²) in [6.45, 7) is 2.11. The molecule has 0 fully saturated rings. The molecule has 0 saturated heterocycles. The van der Waals surface area contributed by atoms with E-state index in [2.05, 4.69) is 120 Å². The Labute approximate surface area is 172 Å². The number of nitrogens with one attached hydrogen (secondary N) is 1. The van der Waals surface area contributed by atoms with E-state index < -0.39 is 0 Å². The van der Waals surface area contributed by atoms with Gasteiger partial charge in [0, 0.05) is 14.9 Å². The second kappa shape index (κ2) is 6.54. The first-order valence-corrected chi connectivity index (χ1v) is 10.1. The van der Waals surface area contributed by atoms with Gasteiger partial charge in [0.15, 0.2) is 0 Å². The summed E-state index contributed by atoms with van der Waals surface area (Å²) >= 11 is 2.40. The van der Waals surface area contributed by atoms with Crippen molar-refractivity contribution in [1.29, 1.82) is 0 Å². The summed E-state index contributed by atoms with van der Waals surface area (Å²) in [7, 11) is 0. The predicted octanol–water partition coefficient (Wildman–Crippen LogP) is 7.80. The standard InChI is InChI=1S/C25H18IN/c1-16-6-9-18(10-7-16)27-19-11-13-23-24-14-17(26)8-12-22(24)20-4-2-3-5-21(20)25(23)15-19/h2-15,27H,1H3. The third-order valence-electron chi connectivity index (χ3n) is 5.14. The van der Waals surface area contributed by atoms with Crippen molar-refractivity contribution in [3.8, 4) is 0 Å². The molecule has 2 heteroatoms. The van der Waals surface area contributed by atoms with Gasteiger partial charge in [0.05, 0.1) is 0 Å². The molecule has 5 aromatic rings. The van der Waals surface area contributed by atoms with Gasteiger partial charge >= 0.3 is 0 Å². The molecule has 0 amide bonds. The number of hydrogen-bond donors (Lipinski definition) is 1. The van der Waals surface area contributed by atoms with Crippen LogP contribution in [0.25, 0.3) is 32.3 Å². The molecule has 1 N–H and O–H groups in total. The van der Waals surface area contributed by atoms with E-state index in [-0.39, 0.29) is 0 Å². The Kier molecular flexibility index (Phi) is 4.01. The Morgan fingerprint density at radius 3 is 1.89 bits per heavy atom. The average Bonchev–Trinajstić information content (AvgIpc) is 2.70. The van der Waals surface area contributed by atoms with E-state index in [1.807, 2.05) is 0 Å². The topological polar surface area (TPSA) is 12.0 Å². The van der Waals surface area contributed by atoms with Gasteiger partial charge in [-0.2, -0.15) is 0 Å². The zero-order valence-electron chi connectivity index (χ0n) is 15.0. The SMILES string of the molecule is Cc1ccc(Nc2ccc3c4cc(I)ccc4c4ccccc4c3c2)cc1. The highest BCUT2D eigenvalue weighted by molar-refractivity contribution is 14.1. The van der Waals surface area contributed by atoms with Crippen molar-refractivity contribution < 1.29 is 0 Å². The van der Waals surface area contributed by atoms with Crippen LogP contribution < -0.4 is 5.32 Å². The lowest BCUT2D eigenvalue weighted by atomic mass is 9.94. The smallest absolute Gasteiger partial charge is 0.0390 e. The molecule has 0 aliphatic heterocycles. The Morgan fingerprint density at radius 1 is 0.556 bits per heavy atom. The summed E-state index contributed by atoms with van der Waals surface area (Å²) in [5, 5.41) is 11.4. The molecule has 0 saturated carbocycles. The van der Waals surface area contributed by atoms with Crippen molar-refractivity contribution in [3.05, 3.63) is 94.1 Å². The van der Waals surface area contributed by atoms with Crippen LogP contribution in [-0.2, 0) is 0 Å². The van der Waals surface area contributed by atoms with Gasteiger partial charge in [-0.3, -0.25) is 0 Å². The summed E-state index contributed by atoms with van der Waals surface area (Å²) in [6.07, 6.45) is 0. The molecular formula is C25H18IN. The van der Waals surface area contributed by atoms with E-state index in [0.717, 1.165) is 11.4 Å². The third kappa shape index (κ3) is 2.94. The van der Waals surface area contributed by atoms with Gasteiger partial charge in [-0.1, -0.05) is 54.1 Å². The molecule has 5 rings (SSSR count). The molecule has 0 atom stereocenters.